The van der Waals surface area contributed by atoms with Gasteiger partial charge in [0.25, 0.3) is 0 Å². The molecule has 0 unspecified atom stereocenters. The molecule has 0 aliphatic heterocycles. The van der Waals surface area contributed by atoms with E-state index in [1.54, 1.807) is 55.4 Å². The average molecular weight is 504 g/mol. The normalized spacial score (nSPS) is 12.8. The van der Waals surface area contributed by atoms with Crippen LogP contribution in [0, 0.1) is 0 Å². The van der Waals surface area contributed by atoms with Crippen molar-refractivity contribution in [3.63, 3.8) is 0 Å². The predicted molar refractivity (Wildman–Crippen MR) is 118 cm³/mol. The highest BCUT2D eigenvalue weighted by Crippen LogP contribution is 2.52. The summed E-state index contributed by atoms with van der Waals surface area (Å²) in [7, 11) is -7.77. The largest absolute Gasteiger partial charge is 0.475 e. The van der Waals surface area contributed by atoms with Crippen molar-refractivity contribution in [1.29, 1.82) is 0 Å². The quantitative estimate of drug-likeness (QED) is 0.224. The topological polar surface area (TPSA) is 148 Å². The molecule has 0 aromatic heterocycles. The number of nitrogens with one attached hydrogen (secondary N) is 2. The molecule has 0 bridgehead atoms. The van der Waals surface area contributed by atoms with Crippen LogP contribution in [0.15, 0.2) is 0 Å². The van der Waals surface area contributed by atoms with Crippen molar-refractivity contribution in [3.8, 4) is 0 Å². The van der Waals surface area contributed by atoms with Crippen LogP contribution in [-0.4, -0.2) is 62.5 Å². The smallest absolute Gasteiger partial charge is 0.352 e. The van der Waals surface area contributed by atoms with Gasteiger partial charge in [0.05, 0.1) is 24.4 Å². The molecule has 14 heteroatoms. The highest BCUT2D eigenvalue weighted by molar-refractivity contribution is 7.48. The number of carbonyl (C=O) groups excluding carboxylic acids is 2. The molecule has 0 aliphatic carbocycles. The summed E-state index contributed by atoms with van der Waals surface area (Å²) in [6.45, 7) is 12.3. The molecule has 32 heavy (non-hydrogen) atoms. The van der Waals surface area contributed by atoms with E-state index in [0.717, 1.165) is 0 Å². The van der Waals surface area contributed by atoms with Gasteiger partial charge in [0, 0.05) is 13.1 Å². The lowest BCUT2D eigenvalue weighted by atomic mass is 10.5. The zero-order chi connectivity index (χ0) is 24.9. The molecule has 0 heterocycles. The molecule has 0 rings (SSSR count). The van der Waals surface area contributed by atoms with Gasteiger partial charge in [0.2, 0.25) is 11.8 Å². The zero-order valence-electron chi connectivity index (χ0n) is 20.1. The third-order valence-corrected chi connectivity index (χ3v) is 6.45. The number of carbonyl (C=O) groups is 2. The minimum atomic E-state index is -3.88. The van der Waals surface area contributed by atoms with E-state index >= 15 is 0 Å². The van der Waals surface area contributed by atoms with E-state index in [0.29, 0.717) is 0 Å². The maximum Gasteiger partial charge on any atom is 0.475 e. The zero-order valence-corrected chi connectivity index (χ0v) is 21.9. The van der Waals surface area contributed by atoms with Gasteiger partial charge in [-0.1, -0.05) is 0 Å². The Kier molecular flexibility index (Phi) is 14.7. The molecule has 0 radical (unpaired) electrons. The third kappa shape index (κ3) is 15.9. The molecule has 0 aromatic rings. The molecule has 0 saturated heterocycles. The van der Waals surface area contributed by atoms with Crippen molar-refractivity contribution in [2.24, 2.45) is 0 Å². The van der Waals surface area contributed by atoms with Crippen molar-refractivity contribution in [3.05, 3.63) is 0 Å². The molecule has 12 nitrogen and oxygen atoms in total. The first-order valence-corrected chi connectivity index (χ1v) is 13.3. The maximum absolute atomic E-state index is 12.5. The Labute approximate surface area is 190 Å². The fourth-order valence-corrected chi connectivity index (χ4v) is 4.94. The van der Waals surface area contributed by atoms with Crippen LogP contribution in [0.3, 0.4) is 0 Å². The van der Waals surface area contributed by atoms with Gasteiger partial charge in [-0.25, -0.2) is 9.13 Å². The van der Waals surface area contributed by atoms with E-state index in [4.69, 9.17) is 27.1 Å². The van der Waals surface area contributed by atoms with Crippen LogP contribution >= 0.6 is 15.6 Å². The van der Waals surface area contributed by atoms with Crippen LogP contribution in [0.1, 0.15) is 55.4 Å². The Hall–Kier alpha value is -0.840. The summed E-state index contributed by atoms with van der Waals surface area (Å²) in [5.41, 5.74) is 0. The predicted octanol–water partition coefficient (Wildman–Crippen LogP) is 3.17. The van der Waals surface area contributed by atoms with Crippen LogP contribution in [0.25, 0.3) is 0 Å². The van der Waals surface area contributed by atoms with Gasteiger partial charge < -0.3 is 10.6 Å². The average Bonchev–Trinajstić information content (AvgIpc) is 2.59. The fraction of sp³-hybridized carbons (Fsp3) is 0.889. The summed E-state index contributed by atoms with van der Waals surface area (Å²) >= 11 is 0. The SMILES string of the molecule is CC(C)OP(=O)(OCC(=O)NCCNC(=O)COP(=O)(OC(C)C)OC(C)C)OC(C)C. The summed E-state index contributed by atoms with van der Waals surface area (Å²) in [4.78, 5) is 23.8. The van der Waals surface area contributed by atoms with Crippen LogP contribution in [-0.2, 0) is 45.9 Å². The molecule has 0 aliphatic rings. The lowest BCUT2D eigenvalue weighted by Gasteiger charge is -2.21. The van der Waals surface area contributed by atoms with E-state index in [9.17, 15) is 18.7 Å². The van der Waals surface area contributed by atoms with Gasteiger partial charge in [0.15, 0.2) is 0 Å². The maximum atomic E-state index is 12.5. The van der Waals surface area contributed by atoms with E-state index in [-0.39, 0.29) is 13.1 Å². The minimum absolute atomic E-state index is 0.0664. The molecule has 2 amide bonds. The first kappa shape index (κ1) is 31.2. The standard InChI is InChI=1S/C18H38N2O10P2/c1-13(2)27-31(23,28-14(3)4)25-11-17(21)19-9-10-20-18(22)12-26-32(24,29-15(5)6)30-16(7)8/h13-16H,9-12H2,1-8H3,(H,19,21)(H,20,22). The van der Waals surface area contributed by atoms with Gasteiger partial charge in [-0.05, 0) is 55.4 Å². The fourth-order valence-electron chi connectivity index (χ4n) is 1.99. The Morgan fingerprint density at radius 2 is 0.844 bits per heavy atom. The molecule has 2 N–H and O–H groups in total. The lowest BCUT2D eigenvalue weighted by Crippen LogP contribution is -2.37. The van der Waals surface area contributed by atoms with Crippen molar-refractivity contribution in [2.45, 2.75) is 79.8 Å². The van der Waals surface area contributed by atoms with Crippen molar-refractivity contribution in [1.82, 2.24) is 10.6 Å². The van der Waals surface area contributed by atoms with Crippen molar-refractivity contribution >= 4 is 27.5 Å². The van der Waals surface area contributed by atoms with Gasteiger partial charge in [0.1, 0.15) is 13.2 Å². The molecule has 190 valence electrons. The number of amides is 2. The van der Waals surface area contributed by atoms with Gasteiger partial charge in [-0.15, -0.1) is 0 Å². The lowest BCUT2D eigenvalue weighted by molar-refractivity contribution is -0.125. The number of hydrogen-bond donors (Lipinski definition) is 2. The Balaban J connectivity index is 4.34. The molecule has 0 fully saturated rings. The number of hydrogen-bond acceptors (Lipinski definition) is 10. The van der Waals surface area contributed by atoms with Crippen LogP contribution in [0.5, 0.6) is 0 Å². The van der Waals surface area contributed by atoms with Crippen molar-refractivity contribution < 1.29 is 45.9 Å². The van der Waals surface area contributed by atoms with E-state index in [1.807, 2.05) is 0 Å². The Morgan fingerprint density at radius 1 is 0.594 bits per heavy atom. The highest BCUT2D eigenvalue weighted by atomic mass is 31.2. The summed E-state index contributed by atoms with van der Waals surface area (Å²) in [5, 5.41) is 4.97. The number of phosphoric acid groups is 2. The molecule has 0 saturated carbocycles. The number of phosphoric ester groups is 2. The molecular weight excluding hydrogens is 466 g/mol. The highest BCUT2D eigenvalue weighted by Gasteiger charge is 2.31. The second-order valence-corrected chi connectivity index (χ2v) is 10.9. The van der Waals surface area contributed by atoms with Crippen LogP contribution in [0.4, 0.5) is 0 Å². The monoisotopic (exact) mass is 504 g/mol. The van der Waals surface area contributed by atoms with Gasteiger partial charge in [-0.3, -0.25) is 36.7 Å². The Bertz CT molecular complexity index is 586. The van der Waals surface area contributed by atoms with Gasteiger partial charge in [-0.2, -0.15) is 0 Å². The molecule has 0 atom stereocenters. The van der Waals surface area contributed by atoms with E-state index in [1.165, 1.54) is 0 Å². The minimum Gasteiger partial charge on any atom is -0.352 e. The number of rotatable bonds is 17. The summed E-state index contributed by atoms with van der Waals surface area (Å²) < 4.78 is 55.8. The summed E-state index contributed by atoms with van der Waals surface area (Å²) in [5.74, 6) is -1.15. The first-order chi connectivity index (χ1) is 14.7. The van der Waals surface area contributed by atoms with Gasteiger partial charge >= 0.3 is 15.6 Å². The van der Waals surface area contributed by atoms with E-state index < -0.39 is 65.1 Å². The van der Waals surface area contributed by atoms with Crippen LogP contribution < -0.4 is 10.6 Å². The Morgan fingerprint density at radius 3 is 1.06 bits per heavy atom. The second kappa shape index (κ2) is 15.1. The first-order valence-electron chi connectivity index (χ1n) is 10.4. The van der Waals surface area contributed by atoms with Crippen molar-refractivity contribution in [2.75, 3.05) is 26.3 Å². The molecular formula is C18H38N2O10P2. The molecule has 0 aromatic carbocycles. The summed E-state index contributed by atoms with van der Waals surface area (Å²) in [6, 6.07) is 0. The summed E-state index contributed by atoms with van der Waals surface area (Å²) in [6.07, 6.45) is -1.70. The molecule has 0 spiro atoms. The van der Waals surface area contributed by atoms with Crippen LogP contribution in [0.2, 0.25) is 0 Å². The second-order valence-electron chi connectivity index (χ2n) is 7.76. The van der Waals surface area contributed by atoms with E-state index in [2.05, 4.69) is 10.6 Å². The third-order valence-electron chi connectivity index (χ3n) is 2.84.